The first kappa shape index (κ1) is 17.2. The smallest absolute Gasteiger partial charge is 0.322 e. The number of nitrogens with two attached hydrogens (primary N) is 1. The number of aliphatic carboxylic acids is 1. The first-order valence-electron chi connectivity index (χ1n) is 6.87. The first-order valence-corrected chi connectivity index (χ1v) is 6.87. The highest BCUT2D eigenvalue weighted by atomic mass is 16.6. The van der Waals surface area contributed by atoms with Gasteiger partial charge in [0.25, 0.3) is 0 Å². The molecule has 0 fully saturated rings. The highest BCUT2D eigenvalue weighted by Gasteiger charge is 2.36. The molecule has 2 atom stereocenters. The number of carbonyl (C=O) groups is 2. The zero-order chi connectivity index (χ0) is 16.2. The fourth-order valence-electron chi connectivity index (χ4n) is 2.03. The van der Waals surface area contributed by atoms with Gasteiger partial charge < -0.3 is 15.6 Å². The molecule has 0 radical (unpaired) electrons. The molecule has 0 spiro atoms. The van der Waals surface area contributed by atoms with Gasteiger partial charge in [-0.15, -0.1) is 0 Å². The van der Waals surface area contributed by atoms with Gasteiger partial charge in [-0.25, -0.2) is 0 Å². The zero-order valence-electron chi connectivity index (χ0n) is 12.9. The summed E-state index contributed by atoms with van der Waals surface area (Å²) in [6, 6.07) is 6.72. The molecule has 0 aromatic heterocycles. The second kappa shape index (κ2) is 6.72. The van der Waals surface area contributed by atoms with E-state index < -0.39 is 29.5 Å². The SMILES string of the molecule is Cc1ccccc1CC(N)C(C(=O)O)C(=O)OC(C)(C)C. The molecule has 1 aromatic carbocycles. The molecule has 5 nitrogen and oxygen atoms in total. The van der Waals surface area contributed by atoms with E-state index in [9.17, 15) is 14.7 Å². The number of carboxylic acids is 1. The highest BCUT2D eigenvalue weighted by Crippen LogP contribution is 2.17. The molecule has 0 aliphatic rings. The quantitative estimate of drug-likeness (QED) is 0.639. The van der Waals surface area contributed by atoms with Gasteiger partial charge in [-0.3, -0.25) is 9.59 Å². The van der Waals surface area contributed by atoms with Gasteiger partial charge in [-0.05, 0) is 45.2 Å². The molecule has 1 rings (SSSR count). The number of carbonyl (C=O) groups excluding carboxylic acids is 1. The molecule has 0 heterocycles. The topological polar surface area (TPSA) is 89.6 Å². The van der Waals surface area contributed by atoms with E-state index >= 15 is 0 Å². The second-order valence-corrected chi connectivity index (χ2v) is 6.14. The third kappa shape index (κ3) is 5.19. The van der Waals surface area contributed by atoms with Gasteiger partial charge in [-0.1, -0.05) is 24.3 Å². The second-order valence-electron chi connectivity index (χ2n) is 6.14. The number of benzene rings is 1. The molecular formula is C16H23NO4. The fourth-order valence-corrected chi connectivity index (χ4v) is 2.03. The number of hydrogen-bond donors (Lipinski definition) is 2. The summed E-state index contributed by atoms with van der Waals surface area (Å²) in [5, 5.41) is 9.28. The lowest BCUT2D eigenvalue weighted by molar-refractivity contribution is -0.167. The van der Waals surface area contributed by atoms with Crippen LogP contribution in [0, 0.1) is 12.8 Å². The van der Waals surface area contributed by atoms with Crippen LogP contribution >= 0.6 is 0 Å². The molecule has 1 aromatic rings. The Kier molecular flexibility index (Phi) is 5.49. The Hall–Kier alpha value is -1.88. The average Bonchev–Trinajstić information content (AvgIpc) is 2.29. The van der Waals surface area contributed by atoms with E-state index in [0.717, 1.165) is 11.1 Å². The Morgan fingerprint density at radius 1 is 1.29 bits per heavy atom. The van der Waals surface area contributed by atoms with Crippen molar-refractivity contribution in [1.82, 2.24) is 0 Å². The van der Waals surface area contributed by atoms with E-state index in [1.807, 2.05) is 31.2 Å². The molecule has 2 unspecified atom stereocenters. The molecular weight excluding hydrogens is 270 g/mol. The van der Waals surface area contributed by atoms with Gasteiger partial charge in [0.05, 0.1) is 0 Å². The van der Waals surface area contributed by atoms with E-state index in [1.165, 1.54) is 0 Å². The van der Waals surface area contributed by atoms with Gasteiger partial charge >= 0.3 is 11.9 Å². The van der Waals surface area contributed by atoms with Gasteiger partial charge in [-0.2, -0.15) is 0 Å². The molecule has 0 bridgehead atoms. The summed E-state index contributed by atoms with van der Waals surface area (Å²) in [5.41, 5.74) is 7.16. The normalized spacial score (nSPS) is 14.3. The fraction of sp³-hybridized carbons (Fsp3) is 0.500. The minimum atomic E-state index is -1.37. The van der Waals surface area contributed by atoms with Crippen molar-refractivity contribution >= 4 is 11.9 Å². The molecule has 0 aliphatic heterocycles. The Morgan fingerprint density at radius 2 is 1.86 bits per heavy atom. The number of hydrogen-bond acceptors (Lipinski definition) is 4. The van der Waals surface area contributed by atoms with Crippen LogP contribution in [-0.2, 0) is 20.7 Å². The minimum Gasteiger partial charge on any atom is -0.481 e. The van der Waals surface area contributed by atoms with E-state index in [1.54, 1.807) is 20.8 Å². The van der Waals surface area contributed by atoms with Crippen molar-refractivity contribution < 1.29 is 19.4 Å². The van der Waals surface area contributed by atoms with Crippen LogP contribution in [0.1, 0.15) is 31.9 Å². The van der Waals surface area contributed by atoms with Crippen molar-refractivity contribution in [1.29, 1.82) is 0 Å². The summed E-state index contributed by atoms with van der Waals surface area (Å²) in [6.07, 6.45) is 0.308. The highest BCUT2D eigenvalue weighted by molar-refractivity contribution is 5.95. The van der Waals surface area contributed by atoms with Crippen molar-refractivity contribution in [3.63, 3.8) is 0 Å². The summed E-state index contributed by atoms with van der Waals surface area (Å²) in [6.45, 7) is 7.00. The maximum absolute atomic E-state index is 12.0. The van der Waals surface area contributed by atoms with Crippen LogP contribution in [0.5, 0.6) is 0 Å². The lowest BCUT2D eigenvalue weighted by Crippen LogP contribution is -2.45. The lowest BCUT2D eigenvalue weighted by atomic mass is 9.92. The van der Waals surface area contributed by atoms with Gasteiger partial charge in [0.15, 0.2) is 5.92 Å². The summed E-state index contributed by atoms with van der Waals surface area (Å²) in [4.78, 5) is 23.4. The Morgan fingerprint density at radius 3 is 2.33 bits per heavy atom. The Bertz CT molecular complexity index is 519. The monoisotopic (exact) mass is 293 g/mol. The number of aryl methyl sites for hydroxylation is 1. The van der Waals surface area contributed by atoms with Crippen molar-refractivity contribution in [3.05, 3.63) is 35.4 Å². The largest absolute Gasteiger partial charge is 0.481 e. The van der Waals surface area contributed by atoms with Crippen LogP contribution in [0.15, 0.2) is 24.3 Å². The Labute approximate surface area is 125 Å². The van der Waals surface area contributed by atoms with Crippen LogP contribution in [0.25, 0.3) is 0 Å². The Balaban J connectivity index is 2.88. The van der Waals surface area contributed by atoms with Crippen LogP contribution in [0.4, 0.5) is 0 Å². The number of esters is 1. The van der Waals surface area contributed by atoms with Gasteiger partial charge in [0.1, 0.15) is 5.60 Å². The van der Waals surface area contributed by atoms with E-state index in [2.05, 4.69) is 0 Å². The molecule has 116 valence electrons. The molecule has 0 amide bonds. The van der Waals surface area contributed by atoms with Crippen molar-refractivity contribution in [2.75, 3.05) is 0 Å². The maximum Gasteiger partial charge on any atom is 0.322 e. The van der Waals surface area contributed by atoms with Gasteiger partial charge in [0.2, 0.25) is 0 Å². The third-order valence-electron chi connectivity index (χ3n) is 3.07. The lowest BCUT2D eigenvalue weighted by Gasteiger charge is -2.25. The standard InChI is InChI=1S/C16H23NO4/c1-10-7-5-6-8-11(10)9-12(17)13(14(18)19)15(20)21-16(2,3)4/h5-8,12-13H,9,17H2,1-4H3,(H,18,19). The maximum atomic E-state index is 12.0. The average molecular weight is 293 g/mol. The molecule has 3 N–H and O–H groups in total. The molecule has 0 saturated heterocycles. The first-order chi connectivity index (χ1) is 9.61. The van der Waals surface area contributed by atoms with Gasteiger partial charge in [0, 0.05) is 6.04 Å². The molecule has 0 saturated carbocycles. The van der Waals surface area contributed by atoms with E-state index in [4.69, 9.17) is 10.5 Å². The van der Waals surface area contributed by atoms with Crippen molar-refractivity contribution in [2.45, 2.75) is 45.8 Å². The van der Waals surface area contributed by atoms with E-state index in [0.29, 0.717) is 6.42 Å². The number of ether oxygens (including phenoxy) is 1. The summed E-state index contributed by atoms with van der Waals surface area (Å²) in [5.74, 6) is -3.43. The zero-order valence-corrected chi connectivity index (χ0v) is 12.9. The molecule has 0 aliphatic carbocycles. The van der Waals surface area contributed by atoms with Crippen molar-refractivity contribution in [2.24, 2.45) is 11.7 Å². The summed E-state index contributed by atoms with van der Waals surface area (Å²) >= 11 is 0. The van der Waals surface area contributed by atoms with E-state index in [-0.39, 0.29) is 0 Å². The summed E-state index contributed by atoms with van der Waals surface area (Å²) in [7, 11) is 0. The minimum absolute atomic E-state index is 0.308. The number of rotatable bonds is 5. The molecule has 21 heavy (non-hydrogen) atoms. The number of carboxylic acid groups (broad SMARTS) is 1. The summed E-state index contributed by atoms with van der Waals surface area (Å²) < 4.78 is 5.15. The molecule has 5 heteroatoms. The van der Waals surface area contributed by atoms with Crippen LogP contribution < -0.4 is 5.73 Å². The van der Waals surface area contributed by atoms with Crippen molar-refractivity contribution in [3.8, 4) is 0 Å². The van der Waals surface area contributed by atoms with Crippen LogP contribution in [0.3, 0.4) is 0 Å². The van der Waals surface area contributed by atoms with Crippen LogP contribution in [-0.4, -0.2) is 28.7 Å². The predicted molar refractivity (Wildman–Crippen MR) is 79.8 cm³/mol. The predicted octanol–water partition coefficient (Wildman–Crippen LogP) is 1.91. The van der Waals surface area contributed by atoms with Crippen LogP contribution in [0.2, 0.25) is 0 Å². The third-order valence-corrected chi connectivity index (χ3v) is 3.07.